The average Bonchev–Trinajstić information content (AvgIpc) is 2.45. The van der Waals surface area contributed by atoms with Gasteiger partial charge in [-0.15, -0.1) is 0 Å². The van der Waals surface area contributed by atoms with Gasteiger partial charge in [0.2, 0.25) is 0 Å². The summed E-state index contributed by atoms with van der Waals surface area (Å²) in [6.45, 7) is 3.18. The number of rotatable bonds is 7. The lowest BCUT2D eigenvalue weighted by Crippen LogP contribution is -2.55. The Morgan fingerprint density at radius 3 is 2.55 bits per heavy atom. The molecule has 6 heteroatoms. The SMILES string of the molecule is C=CCOC(=O)NC(COC)(C(=O)O)c1ccccc1. The second-order valence-electron chi connectivity index (χ2n) is 4.02. The van der Waals surface area contributed by atoms with E-state index in [1.165, 1.54) is 13.2 Å². The summed E-state index contributed by atoms with van der Waals surface area (Å²) in [5.41, 5.74) is -1.31. The van der Waals surface area contributed by atoms with Crippen LogP contribution >= 0.6 is 0 Å². The van der Waals surface area contributed by atoms with Gasteiger partial charge in [0.25, 0.3) is 0 Å². The Hall–Kier alpha value is -2.34. The van der Waals surface area contributed by atoms with Crippen molar-refractivity contribution in [1.82, 2.24) is 5.32 Å². The van der Waals surface area contributed by atoms with Crippen molar-refractivity contribution in [2.24, 2.45) is 0 Å². The Bertz CT molecular complexity index is 474. The fourth-order valence-corrected chi connectivity index (χ4v) is 1.71. The minimum absolute atomic E-state index is 0.0106. The molecule has 0 saturated heterocycles. The van der Waals surface area contributed by atoms with Crippen LogP contribution in [0.25, 0.3) is 0 Å². The first-order valence-electron chi connectivity index (χ1n) is 5.90. The Labute approximate surface area is 117 Å². The van der Waals surface area contributed by atoms with Crippen molar-refractivity contribution in [3.05, 3.63) is 48.6 Å². The van der Waals surface area contributed by atoms with E-state index in [1.807, 2.05) is 0 Å². The molecule has 0 aliphatic rings. The van der Waals surface area contributed by atoms with E-state index >= 15 is 0 Å². The van der Waals surface area contributed by atoms with Gasteiger partial charge in [0.05, 0.1) is 6.61 Å². The summed E-state index contributed by atoms with van der Waals surface area (Å²) in [5.74, 6) is -1.24. The maximum atomic E-state index is 11.7. The monoisotopic (exact) mass is 279 g/mol. The number of amides is 1. The summed E-state index contributed by atoms with van der Waals surface area (Å²) in [4.78, 5) is 23.3. The average molecular weight is 279 g/mol. The molecule has 0 aromatic heterocycles. The number of hydrogen-bond donors (Lipinski definition) is 2. The third-order valence-electron chi connectivity index (χ3n) is 2.64. The molecule has 0 radical (unpaired) electrons. The molecule has 0 fully saturated rings. The highest BCUT2D eigenvalue weighted by molar-refractivity contribution is 5.86. The second kappa shape index (κ2) is 7.30. The van der Waals surface area contributed by atoms with Crippen LogP contribution in [-0.2, 0) is 19.8 Å². The molecule has 0 aliphatic heterocycles. The van der Waals surface area contributed by atoms with Crippen LogP contribution in [0.3, 0.4) is 0 Å². The zero-order chi connectivity index (χ0) is 15.0. The lowest BCUT2D eigenvalue weighted by Gasteiger charge is -2.29. The molecule has 1 atom stereocenters. The van der Waals surface area contributed by atoms with Gasteiger partial charge >= 0.3 is 12.1 Å². The number of methoxy groups -OCH3 is 1. The Morgan fingerprint density at radius 1 is 1.40 bits per heavy atom. The lowest BCUT2D eigenvalue weighted by atomic mass is 9.91. The fraction of sp³-hybridized carbons (Fsp3) is 0.286. The van der Waals surface area contributed by atoms with Crippen molar-refractivity contribution >= 4 is 12.1 Å². The van der Waals surface area contributed by atoms with Gasteiger partial charge in [0.1, 0.15) is 6.61 Å². The van der Waals surface area contributed by atoms with E-state index in [-0.39, 0.29) is 13.2 Å². The minimum Gasteiger partial charge on any atom is -0.479 e. The summed E-state index contributed by atoms with van der Waals surface area (Å²) >= 11 is 0. The molecule has 1 unspecified atom stereocenters. The van der Waals surface area contributed by atoms with Crippen LogP contribution < -0.4 is 5.32 Å². The van der Waals surface area contributed by atoms with Crippen LogP contribution in [0.2, 0.25) is 0 Å². The van der Waals surface area contributed by atoms with Gasteiger partial charge in [-0.05, 0) is 5.56 Å². The Kier molecular flexibility index (Phi) is 5.74. The summed E-state index contributed by atoms with van der Waals surface area (Å²) in [5, 5.41) is 11.9. The van der Waals surface area contributed by atoms with Crippen molar-refractivity contribution < 1.29 is 24.2 Å². The third-order valence-corrected chi connectivity index (χ3v) is 2.64. The second-order valence-corrected chi connectivity index (χ2v) is 4.02. The summed E-state index contributed by atoms with van der Waals surface area (Å²) in [6, 6.07) is 8.31. The topological polar surface area (TPSA) is 84.9 Å². The van der Waals surface area contributed by atoms with Gasteiger partial charge in [-0.25, -0.2) is 9.59 Å². The molecule has 0 heterocycles. The van der Waals surface area contributed by atoms with Gasteiger partial charge in [0.15, 0.2) is 5.54 Å². The van der Waals surface area contributed by atoms with Gasteiger partial charge in [0, 0.05) is 7.11 Å². The van der Waals surface area contributed by atoms with Crippen molar-refractivity contribution in [1.29, 1.82) is 0 Å². The Morgan fingerprint density at radius 2 is 2.05 bits per heavy atom. The molecule has 20 heavy (non-hydrogen) atoms. The van der Waals surface area contributed by atoms with E-state index in [1.54, 1.807) is 30.3 Å². The van der Waals surface area contributed by atoms with Gasteiger partial charge < -0.3 is 14.6 Å². The van der Waals surface area contributed by atoms with Gasteiger partial charge in [-0.3, -0.25) is 5.32 Å². The first-order valence-corrected chi connectivity index (χ1v) is 5.90. The highest BCUT2D eigenvalue weighted by Crippen LogP contribution is 2.22. The minimum atomic E-state index is -1.70. The number of ether oxygens (including phenoxy) is 2. The molecular formula is C14H17NO5. The first-order chi connectivity index (χ1) is 9.56. The number of aliphatic carboxylic acids is 1. The highest BCUT2D eigenvalue weighted by Gasteiger charge is 2.42. The molecule has 0 saturated carbocycles. The number of carboxylic acid groups (broad SMARTS) is 1. The largest absolute Gasteiger partial charge is 0.479 e. The molecule has 108 valence electrons. The zero-order valence-corrected chi connectivity index (χ0v) is 11.2. The number of benzene rings is 1. The molecule has 1 aromatic rings. The number of alkyl carbamates (subject to hydrolysis) is 1. The Balaban J connectivity index is 3.09. The van der Waals surface area contributed by atoms with Gasteiger partial charge in [-0.1, -0.05) is 43.0 Å². The summed E-state index contributed by atoms with van der Waals surface area (Å²) in [7, 11) is 1.36. The molecule has 1 rings (SSSR count). The number of nitrogens with one attached hydrogen (secondary N) is 1. The van der Waals surface area contributed by atoms with E-state index in [0.717, 1.165) is 0 Å². The van der Waals surface area contributed by atoms with Crippen LogP contribution in [-0.4, -0.2) is 37.5 Å². The predicted octanol–water partition coefficient (Wildman–Crippen LogP) is 1.53. The standard InChI is InChI=1S/C14H17NO5/c1-3-9-20-13(18)15-14(10-19-2,12(16)17)11-7-5-4-6-8-11/h3-8H,1,9-10H2,2H3,(H,15,18)(H,16,17). The number of carbonyl (C=O) groups is 2. The van der Waals surface area contributed by atoms with Crippen LogP contribution in [0.1, 0.15) is 5.56 Å². The van der Waals surface area contributed by atoms with Gasteiger partial charge in [-0.2, -0.15) is 0 Å². The maximum absolute atomic E-state index is 11.7. The zero-order valence-electron chi connectivity index (χ0n) is 11.2. The lowest BCUT2D eigenvalue weighted by molar-refractivity contribution is -0.147. The van der Waals surface area contributed by atoms with Crippen molar-refractivity contribution in [2.45, 2.75) is 5.54 Å². The van der Waals surface area contributed by atoms with E-state index in [4.69, 9.17) is 9.47 Å². The van der Waals surface area contributed by atoms with Crippen molar-refractivity contribution in [3.63, 3.8) is 0 Å². The first kappa shape index (κ1) is 15.7. The van der Waals surface area contributed by atoms with Crippen molar-refractivity contribution in [2.75, 3.05) is 20.3 Å². The van der Waals surface area contributed by atoms with Crippen LogP contribution in [0.4, 0.5) is 4.79 Å². The molecular weight excluding hydrogens is 262 g/mol. The maximum Gasteiger partial charge on any atom is 0.408 e. The van der Waals surface area contributed by atoms with E-state index in [2.05, 4.69) is 11.9 Å². The molecule has 0 aliphatic carbocycles. The molecule has 1 aromatic carbocycles. The molecule has 1 amide bonds. The third kappa shape index (κ3) is 3.58. The summed E-state index contributed by atoms with van der Waals surface area (Å²) in [6.07, 6.45) is 0.536. The number of carboxylic acids is 1. The van der Waals surface area contributed by atoms with E-state index < -0.39 is 17.6 Å². The number of hydrogen-bond acceptors (Lipinski definition) is 4. The van der Waals surface area contributed by atoms with E-state index in [0.29, 0.717) is 5.56 Å². The normalized spacial score (nSPS) is 13.1. The van der Waals surface area contributed by atoms with E-state index in [9.17, 15) is 14.7 Å². The van der Waals surface area contributed by atoms with Crippen molar-refractivity contribution in [3.8, 4) is 0 Å². The van der Waals surface area contributed by atoms with Crippen LogP contribution in [0.15, 0.2) is 43.0 Å². The smallest absolute Gasteiger partial charge is 0.408 e. The highest BCUT2D eigenvalue weighted by atomic mass is 16.5. The number of carbonyl (C=O) groups excluding carboxylic acids is 1. The fourth-order valence-electron chi connectivity index (χ4n) is 1.71. The molecule has 6 nitrogen and oxygen atoms in total. The van der Waals surface area contributed by atoms with Crippen LogP contribution in [0, 0.1) is 0 Å². The summed E-state index contributed by atoms with van der Waals surface area (Å²) < 4.78 is 9.73. The molecule has 0 bridgehead atoms. The molecule has 2 N–H and O–H groups in total. The van der Waals surface area contributed by atoms with Crippen LogP contribution in [0.5, 0.6) is 0 Å². The molecule has 0 spiro atoms. The quantitative estimate of drug-likeness (QED) is 0.739. The predicted molar refractivity (Wildman–Crippen MR) is 72.3 cm³/mol.